The fourth-order valence-electron chi connectivity index (χ4n) is 3.38. The summed E-state index contributed by atoms with van der Waals surface area (Å²) >= 11 is 0. The van der Waals surface area contributed by atoms with Crippen LogP contribution in [0.1, 0.15) is 48.0 Å². The third kappa shape index (κ3) is 5.22. The van der Waals surface area contributed by atoms with Crippen molar-refractivity contribution >= 4 is 11.6 Å². The van der Waals surface area contributed by atoms with Gasteiger partial charge < -0.3 is 15.4 Å². The van der Waals surface area contributed by atoms with Gasteiger partial charge in [-0.15, -0.1) is 0 Å². The van der Waals surface area contributed by atoms with Crippen LogP contribution in [0, 0.1) is 0 Å². The summed E-state index contributed by atoms with van der Waals surface area (Å²) in [6.07, 6.45) is 10.4. The van der Waals surface area contributed by atoms with E-state index in [4.69, 9.17) is 4.74 Å². The van der Waals surface area contributed by atoms with E-state index >= 15 is 0 Å². The third-order valence-corrected chi connectivity index (χ3v) is 4.81. The van der Waals surface area contributed by atoms with E-state index in [-0.39, 0.29) is 5.91 Å². The van der Waals surface area contributed by atoms with Crippen LogP contribution in [0.3, 0.4) is 0 Å². The fourth-order valence-corrected chi connectivity index (χ4v) is 3.38. The maximum absolute atomic E-state index is 12.4. The fraction of sp³-hybridized carbons (Fsp3) is 0.429. The number of ether oxygens (including phenoxy) is 1. The van der Waals surface area contributed by atoms with Gasteiger partial charge in [0, 0.05) is 25.0 Å². The van der Waals surface area contributed by atoms with Gasteiger partial charge in [-0.2, -0.15) is 0 Å². The van der Waals surface area contributed by atoms with Crippen molar-refractivity contribution in [3.8, 4) is 5.75 Å². The second-order valence-electron chi connectivity index (χ2n) is 6.80. The average molecular weight is 353 g/mol. The number of nitrogens with zero attached hydrogens (tertiary/aromatic N) is 1. The van der Waals surface area contributed by atoms with Crippen LogP contribution in [0.2, 0.25) is 0 Å². The SMILES string of the molecule is COc1cccc(CCNC(=O)c2cncc(NC3CCCCC3)c2)c1. The molecule has 1 aromatic carbocycles. The molecule has 0 aliphatic heterocycles. The first-order valence-electron chi connectivity index (χ1n) is 9.37. The largest absolute Gasteiger partial charge is 0.497 e. The van der Waals surface area contributed by atoms with Crippen LogP contribution in [0.15, 0.2) is 42.7 Å². The second kappa shape index (κ2) is 9.22. The standard InChI is InChI=1S/C21H27N3O2/c1-26-20-9-5-6-16(12-20)10-11-23-21(25)17-13-19(15-22-14-17)24-18-7-3-2-4-8-18/h5-6,9,12-15,18,24H,2-4,7-8,10-11H2,1H3,(H,23,25). The lowest BCUT2D eigenvalue weighted by atomic mass is 9.95. The molecule has 5 nitrogen and oxygen atoms in total. The van der Waals surface area contributed by atoms with Gasteiger partial charge in [-0.1, -0.05) is 31.4 Å². The number of rotatable bonds is 7. The number of aromatic nitrogens is 1. The maximum Gasteiger partial charge on any atom is 0.252 e. The summed E-state index contributed by atoms with van der Waals surface area (Å²) in [5.41, 5.74) is 2.66. The van der Waals surface area contributed by atoms with Crippen molar-refractivity contribution in [3.05, 3.63) is 53.9 Å². The van der Waals surface area contributed by atoms with Gasteiger partial charge in [-0.3, -0.25) is 9.78 Å². The summed E-state index contributed by atoms with van der Waals surface area (Å²) in [5.74, 6) is 0.743. The lowest BCUT2D eigenvalue weighted by molar-refractivity contribution is 0.0954. The van der Waals surface area contributed by atoms with Gasteiger partial charge in [-0.05, 0) is 43.0 Å². The van der Waals surface area contributed by atoms with Crippen molar-refractivity contribution in [3.63, 3.8) is 0 Å². The summed E-state index contributed by atoms with van der Waals surface area (Å²) in [5, 5.41) is 6.48. The molecule has 0 unspecified atom stereocenters. The highest BCUT2D eigenvalue weighted by molar-refractivity contribution is 5.94. The predicted molar refractivity (Wildman–Crippen MR) is 104 cm³/mol. The van der Waals surface area contributed by atoms with E-state index in [1.807, 2.05) is 30.3 Å². The number of benzene rings is 1. The number of anilines is 1. The molecule has 5 heteroatoms. The Morgan fingerprint density at radius 1 is 1.19 bits per heavy atom. The molecule has 1 aliphatic rings. The molecule has 2 N–H and O–H groups in total. The molecule has 1 aliphatic carbocycles. The van der Waals surface area contributed by atoms with E-state index in [0.29, 0.717) is 18.2 Å². The van der Waals surface area contributed by atoms with Gasteiger partial charge in [0.15, 0.2) is 0 Å². The van der Waals surface area contributed by atoms with Crippen LogP contribution in [0.25, 0.3) is 0 Å². The van der Waals surface area contributed by atoms with Crippen molar-refractivity contribution in [2.75, 3.05) is 19.0 Å². The monoisotopic (exact) mass is 353 g/mol. The molecule has 26 heavy (non-hydrogen) atoms. The molecule has 1 fully saturated rings. The predicted octanol–water partition coefficient (Wildman–Crippen LogP) is 3.81. The van der Waals surface area contributed by atoms with Crippen molar-refractivity contribution in [2.24, 2.45) is 0 Å². The first-order chi connectivity index (χ1) is 12.7. The molecule has 1 amide bonds. The summed E-state index contributed by atoms with van der Waals surface area (Å²) < 4.78 is 5.22. The summed E-state index contributed by atoms with van der Waals surface area (Å²) in [6, 6.07) is 10.3. The van der Waals surface area contributed by atoms with Gasteiger partial charge in [-0.25, -0.2) is 0 Å². The zero-order chi connectivity index (χ0) is 18.2. The van der Waals surface area contributed by atoms with Crippen LogP contribution < -0.4 is 15.4 Å². The van der Waals surface area contributed by atoms with Crippen LogP contribution in [-0.4, -0.2) is 30.6 Å². The Hall–Kier alpha value is -2.56. The van der Waals surface area contributed by atoms with Gasteiger partial charge in [0.05, 0.1) is 18.4 Å². The number of hydrogen-bond donors (Lipinski definition) is 2. The van der Waals surface area contributed by atoms with E-state index in [0.717, 1.165) is 23.4 Å². The highest BCUT2D eigenvalue weighted by atomic mass is 16.5. The van der Waals surface area contributed by atoms with Gasteiger partial charge in [0.1, 0.15) is 5.75 Å². The molecule has 3 rings (SSSR count). The Bertz CT molecular complexity index is 727. The number of amides is 1. The highest BCUT2D eigenvalue weighted by Crippen LogP contribution is 2.21. The Morgan fingerprint density at radius 3 is 2.85 bits per heavy atom. The number of hydrogen-bond acceptors (Lipinski definition) is 4. The van der Waals surface area contributed by atoms with Crippen molar-refractivity contribution in [1.29, 1.82) is 0 Å². The number of nitrogens with one attached hydrogen (secondary N) is 2. The molecule has 0 saturated heterocycles. The molecule has 2 aromatic rings. The Morgan fingerprint density at radius 2 is 2.04 bits per heavy atom. The first-order valence-corrected chi connectivity index (χ1v) is 9.37. The van der Waals surface area contributed by atoms with Gasteiger partial charge in [0.2, 0.25) is 0 Å². The van der Waals surface area contributed by atoms with Gasteiger partial charge in [0.25, 0.3) is 5.91 Å². The number of methoxy groups -OCH3 is 1. The third-order valence-electron chi connectivity index (χ3n) is 4.81. The molecular weight excluding hydrogens is 326 g/mol. The number of pyridine rings is 1. The molecule has 1 heterocycles. The number of carbonyl (C=O) groups excluding carboxylic acids is 1. The van der Waals surface area contributed by atoms with E-state index in [1.54, 1.807) is 19.5 Å². The van der Waals surface area contributed by atoms with Gasteiger partial charge >= 0.3 is 0 Å². The molecular formula is C21H27N3O2. The van der Waals surface area contributed by atoms with E-state index in [9.17, 15) is 4.79 Å². The van der Waals surface area contributed by atoms with Crippen molar-refractivity contribution in [2.45, 2.75) is 44.6 Å². The Labute approximate surface area is 155 Å². The minimum absolute atomic E-state index is 0.0901. The van der Waals surface area contributed by atoms with Crippen molar-refractivity contribution in [1.82, 2.24) is 10.3 Å². The van der Waals surface area contributed by atoms with Crippen LogP contribution in [0.4, 0.5) is 5.69 Å². The van der Waals surface area contributed by atoms with Crippen molar-refractivity contribution < 1.29 is 9.53 Å². The summed E-state index contributed by atoms with van der Waals surface area (Å²) in [4.78, 5) is 16.6. The topological polar surface area (TPSA) is 63.2 Å². The van der Waals surface area contributed by atoms with Crippen LogP contribution >= 0.6 is 0 Å². The minimum Gasteiger partial charge on any atom is -0.497 e. The van der Waals surface area contributed by atoms with E-state index in [2.05, 4.69) is 15.6 Å². The lowest BCUT2D eigenvalue weighted by Crippen LogP contribution is -2.26. The normalized spacial score (nSPS) is 14.7. The summed E-state index contributed by atoms with van der Waals surface area (Å²) in [7, 11) is 1.65. The second-order valence-corrected chi connectivity index (χ2v) is 6.80. The maximum atomic E-state index is 12.4. The molecule has 1 aromatic heterocycles. The average Bonchev–Trinajstić information content (AvgIpc) is 2.69. The lowest BCUT2D eigenvalue weighted by Gasteiger charge is -2.23. The quantitative estimate of drug-likeness (QED) is 0.794. The summed E-state index contributed by atoms with van der Waals surface area (Å²) in [6.45, 7) is 0.576. The zero-order valence-corrected chi connectivity index (χ0v) is 15.3. The van der Waals surface area contributed by atoms with E-state index < -0.39 is 0 Å². The molecule has 138 valence electrons. The molecule has 0 atom stereocenters. The first kappa shape index (κ1) is 18.2. The van der Waals surface area contributed by atoms with Crippen LogP contribution in [0.5, 0.6) is 5.75 Å². The zero-order valence-electron chi connectivity index (χ0n) is 15.3. The number of carbonyl (C=O) groups is 1. The molecule has 1 saturated carbocycles. The highest BCUT2D eigenvalue weighted by Gasteiger charge is 2.14. The minimum atomic E-state index is -0.0901. The van der Waals surface area contributed by atoms with Crippen LogP contribution in [-0.2, 0) is 6.42 Å². The Kier molecular flexibility index (Phi) is 6.47. The molecule has 0 radical (unpaired) electrons. The molecule has 0 spiro atoms. The smallest absolute Gasteiger partial charge is 0.252 e. The van der Waals surface area contributed by atoms with E-state index in [1.165, 1.54) is 32.1 Å². The molecule has 0 bridgehead atoms. The Balaban J connectivity index is 1.51.